The molecule has 164 valence electrons. The molecule has 1 aliphatic heterocycles. The van der Waals surface area contributed by atoms with Crippen LogP contribution >= 0.6 is 0 Å². The molecule has 29 heavy (non-hydrogen) atoms. The van der Waals surface area contributed by atoms with E-state index in [9.17, 15) is 8.42 Å². The summed E-state index contributed by atoms with van der Waals surface area (Å²) in [6, 6.07) is 7.21. The van der Waals surface area contributed by atoms with Crippen LogP contribution < -0.4 is 10.6 Å². The van der Waals surface area contributed by atoms with Gasteiger partial charge in [0.1, 0.15) is 0 Å². The minimum atomic E-state index is -3.46. The SMILES string of the molecule is CCCCOCCCNC(=NC)NCc1ccccc1S(=O)(=O)N1CCCCC1. The van der Waals surface area contributed by atoms with Gasteiger partial charge >= 0.3 is 0 Å². The second-order valence-corrected chi connectivity index (χ2v) is 9.15. The van der Waals surface area contributed by atoms with Gasteiger partial charge < -0.3 is 15.4 Å². The predicted octanol–water partition coefficient (Wildman–Crippen LogP) is 2.73. The molecule has 2 rings (SSSR count). The maximum absolute atomic E-state index is 13.1. The highest BCUT2D eigenvalue weighted by atomic mass is 32.2. The van der Waals surface area contributed by atoms with Crippen LogP contribution in [0, 0.1) is 0 Å². The van der Waals surface area contributed by atoms with E-state index in [1.165, 1.54) is 0 Å². The van der Waals surface area contributed by atoms with Crippen LogP contribution in [0.4, 0.5) is 0 Å². The van der Waals surface area contributed by atoms with Gasteiger partial charge in [0, 0.05) is 46.4 Å². The largest absolute Gasteiger partial charge is 0.381 e. The minimum absolute atomic E-state index is 0.383. The summed E-state index contributed by atoms with van der Waals surface area (Å²) in [7, 11) is -1.75. The fraction of sp³-hybridized carbons (Fsp3) is 0.667. The van der Waals surface area contributed by atoms with Gasteiger partial charge in [0.05, 0.1) is 4.90 Å². The summed E-state index contributed by atoms with van der Waals surface area (Å²) >= 11 is 0. The van der Waals surface area contributed by atoms with E-state index in [2.05, 4.69) is 22.5 Å². The van der Waals surface area contributed by atoms with Crippen molar-refractivity contribution in [2.45, 2.75) is 56.9 Å². The monoisotopic (exact) mass is 424 g/mol. The van der Waals surface area contributed by atoms with Crippen molar-refractivity contribution in [3.63, 3.8) is 0 Å². The number of ether oxygens (including phenoxy) is 1. The highest BCUT2D eigenvalue weighted by Crippen LogP contribution is 2.23. The standard InChI is InChI=1S/C21H36N4O3S/c1-3-4-16-28-17-10-13-23-21(22-2)24-18-19-11-6-7-12-20(19)29(26,27)25-14-8-5-9-15-25/h6-7,11-12H,3-5,8-10,13-18H2,1-2H3,(H2,22,23,24). The molecule has 0 amide bonds. The molecule has 1 heterocycles. The maximum atomic E-state index is 13.1. The number of piperidine rings is 1. The Bertz CT molecular complexity index is 731. The van der Waals surface area contributed by atoms with Gasteiger partial charge in [0.2, 0.25) is 10.0 Å². The predicted molar refractivity (Wildman–Crippen MR) is 118 cm³/mol. The molecule has 1 aromatic carbocycles. The van der Waals surface area contributed by atoms with Crippen LogP contribution in [0.2, 0.25) is 0 Å². The molecule has 7 nitrogen and oxygen atoms in total. The number of benzene rings is 1. The lowest BCUT2D eigenvalue weighted by molar-refractivity contribution is 0.129. The Morgan fingerprint density at radius 2 is 1.83 bits per heavy atom. The number of aliphatic imine (C=N–C) groups is 1. The highest BCUT2D eigenvalue weighted by molar-refractivity contribution is 7.89. The fourth-order valence-corrected chi connectivity index (χ4v) is 5.01. The van der Waals surface area contributed by atoms with Crippen molar-refractivity contribution in [2.24, 2.45) is 4.99 Å². The minimum Gasteiger partial charge on any atom is -0.381 e. The summed E-state index contributed by atoms with van der Waals surface area (Å²) in [6.07, 6.45) is 6.09. The first kappa shape index (κ1) is 23.6. The molecule has 1 saturated heterocycles. The Morgan fingerprint density at radius 3 is 2.55 bits per heavy atom. The van der Waals surface area contributed by atoms with Crippen molar-refractivity contribution in [1.82, 2.24) is 14.9 Å². The molecule has 0 saturated carbocycles. The first-order valence-electron chi connectivity index (χ1n) is 10.7. The molecule has 8 heteroatoms. The summed E-state index contributed by atoms with van der Waals surface area (Å²) in [5.74, 6) is 0.656. The fourth-order valence-electron chi connectivity index (χ4n) is 3.27. The van der Waals surface area contributed by atoms with E-state index in [1.807, 2.05) is 12.1 Å². The van der Waals surface area contributed by atoms with Gasteiger partial charge in [0.25, 0.3) is 0 Å². The lowest BCUT2D eigenvalue weighted by Crippen LogP contribution is -2.39. The quantitative estimate of drug-likeness (QED) is 0.324. The lowest BCUT2D eigenvalue weighted by atomic mass is 10.2. The highest BCUT2D eigenvalue weighted by Gasteiger charge is 2.27. The normalized spacial score (nSPS) is 16.0. The summed E-state index contributed by atoms with van der Waals surface area (Å²) in [5, 5.41) is 6.48. The molecule has 0 spiro atoms. The zero-order valence-electron chi connectivity index (χ0n) is 17.8. The van der Waals surface area contributed by atoms with Crippen molar-refractivity contribution in [3.8, 4) is 0 Å². The van der Waals surface area contributed by atoms with Crippen molar-refractivity contribution in [3.05, 3.63) is 29.8 Å². The van der Waals surface area contributed by atoms with E-state index in [-0.39, 0.29) is 0 Å². The zero-order valence-corrected chi connectivity index (χ0v) is 18.6. The average molecular weight is 425 g/mol. The molecule has 0 aliphatic carbocycles. The van der Waals surface area contributed by atoms with Gasteiger partial charge in [-0.05, 0) is 37.3 Å². The van der Waals surface area contributed by atoms with Crippen LogP contribution in [0.25, 0.3) is 0 Å². The number of unbranched alkanes of at least 4 members (excludes halogenated alkanes) is 1. The third-order valence-electron chi connectivity index (χ3n) is 4.98. The van der Waals surface area contributed by atoms with Gasteiger partial charge in [-0.15, -0.1) is 0 Å². The Balaban J connectivity index is 1.88. The molecule has 0 bridgehead atoms. The van der Waals surface area contributed by atoms with Crippen LogP contribution in [-0.4, -0.2) is 58.6 Å². The number of nitrogens with zero attached hydrogens (tertiary/aromatic N) is 2. The molecule has 1 aromatic rings. The molecule has 1 fully saturated rings. The Morgan fingerprint density at radius 1 is 1.10 bits per heavy atom. The van der Waals surface area contributed by atoms with Crippen LogP contribution in [0.5, 0.6) is 0 Å². The summed E-state index contributed by atoms with van der Waals surface area (Å²) < 4.78 is 33.3. The Labute approximate surface area is 176 Å². The first-order chi connectivity index (χ1) is 14.1. The summed E-state index contributed by atoms with van der Waals surface area (Å²) in [4.78, 5) is 4.61. The third kappa shape index (κ3) is 7.60. The number of sulfonamides is 1. The van der Waals surface area contributed by atoms with Crippen LogP contribution in [0.1, 0.15) is 51.0 Å². The number of nitrogens with one attached hydrogen (secondary N) is 2. The first-order valence-corrected chi connectivity index (χ1v) is 12.1. The van der Waals surface area contributed by atoms with Crippen molar-refractivity contribution in [2.75, 3.05) is 39.9 Å². The van der Waals surface area contributed by atoms with Crippen LogP contribution in [-0.2, 0) is 21.3 Å². The lowest BCUT2D eigenvalue weighted by Gasteiger charge is -2.27. The number of rotatable bonds is 11. The van der Waals surface area contributed by atoms with E-state index in [1.54, 1.807) is 23.5 Å². The second-order valence-electron chi connectivity index (χ2n) is 7.24. The topological polar surface area (TPSA) is 83.0 Å². The molecule has 0 radical (unpaired) electrons. The van der Waals surface area contributed by atoms with E-state index >= 15 is 0 Å². The van der Waals surface area contributed by atoms with Gasteiger partial charge in [-0.1, -0.05) is 38.0 Å². The van der Waals surface area contributed by atoms with Crippen molar-refractivity contribution < 1.29 is 13.2 Å². The van der Waals surface area contributed by atoms with Crippen LogP contribution in [0.15, 0.2) is 34.2 Å². The molecule has 0 unspecified atom stereocenters. The number of hydrogen-bond acceptors (Lipinski definition) is 4. The Hall–Kier alpha value is -1.64. The van der Waals surface area contributed by atoms with E-state index in [4.69, 9.17) is 4.74 Å². The summed E-state index contributed by atoms with van der Waals surface area (Å²) in [5.41, 5.74) is 0.754. The van der Waals surface area contributed by atoms with E-state index in [0.29, 0.717) is 30.5 Å². The van der Waals surface area contributed by atoms with Gasteiger partial charge in [0.15, 0.2) is 5.96 Å². The maximum Gasteiger partial charge on any atom is 0.243 e. The molecule has 2 N–H and O–H groups in total. The molecule has 1 aliphatic rings. The van der Waals surface area contributed by atoms with Gasteiger partial charge in [-0.25, -0.2) is 8.42 Å². The smallest absolute Gasteiger partial charge is 0.243 e. The number of hydrogen-bond donors (Lipinski definition) is 2. The second kappa shape index (κ2) is 12.8. The summed E-state index contributed by atoms with van der Waals surface area (Å²) in [6.45, 7) is 6.04. The molecule has 0 atom stereocenters. The average Bonchev–Trinajstić information content (AvgIpc) is 2.76. The Kier molecular flexibility index (Phi) is 10.5. The van der Waals surface area contributed by atoms with Gasteiger partial charge in [-0.2, -0.15) is 4.31 Å². The van der Waals surface area contributed by atoms with Crippen LogP contribution in [0.3, 0.4) is 0 Å². The third-order valence-corrected chi connectivity index (χ3v) is 6.97. The van der Waals surface area contributed by atoms with Gasteiger partial charge in [-0.3, -0.25) is 4.99 Å². The molecular formula is C21H36N4O3S. The zero-order chi connectivity index (χ0) is 21.0. The van der Waals surface area contributed by atoms with E-state index in [0.717, 1.165) is 63.8 Å². The molecule has 0 aromatic heterocycles. The van der Waals surface area contributed by atoms with E-state index < -0.39 is 10.0 Å². The van der Waals surface area contributed by atoms with Crippen molar-refractivity contribution >= 4 is 16.0 Å². The number of guanidine groups is 1. The van der Waals surface area contributed by atoms with Crippen molar-refractivity contribution in [1.29, 1.82) is 0 Å². The molecular weight excluding hydrogens is 388 g/mol.